The first-order valence-electron chi connectivity index (χ1n) is 9.73. The Morgan fingerprint density at radius 3 is 2.47 bits per heavy atom. The number of ether oxygens (including phenoxy) is 1. The second kappa shape index (κ2) is 10.3. The van der Waals surface area contributed by atoms with Crippen molar-refractivity contribution in [3.63, 3.8) is 0 Å². The van der Waals surface area contributed by atoms with Crippen molar-refractivity contribution in [1.29, 1.82) is 0 Å². The van der Waals surface area contributed by atoms with E-state index in [1.165, 1.54) is 4.90 Å². The van der Waals surface area contributed by atoms with Crippen molar-refractivity contribution >= 4 is 34.5 Å². The average molecular weight is 429 g/mol. The van der Waals surface area contributed by atoms with E-state index in [1.54, 1.807) is 24.3 Å². The standard InChI is InChI=1S/C22H24N2O5S/c1-2-29-18-10-8-17(9-11-18)24-21(27)19(30-22(24)28)14-20(26)23(12-13-25)15-16-6-4-3-5-7-16/h3-11,19,25H,2,12-15H2,1H3. The van der Waals surface area contributed by atoms with Crippen molar-refractivity contribution in [2.45, 2.75) is 25.1 Å². The molecule has 1 aliphatic rings. The molecule has 1 atom stereocenters. The number of hydrogen-bond acceptors (Lipinski definition) is 6. The predicted octanol–water partition coefficient (Wildman–Crippen LogP) is 3.06. The van der Waals surface area contributed by atoms with Crippen LogP contribution in [0.15, 0.2) is 54.6 Å². The number of imide groups is 1. The maximum absolute atomic E-state index is 12.8. The summed E-state index contributed by atoms with van der Waals surface area (Å²) in [7, 11) is 0. The van der Waals surface area contributed by atoms with Crippen molar-refractivity contribution in [2.24, 2.45) is 0 Å². The molecular formula is C22H24N2O5S. The summed E-state index contributed by atoms with van der Waals surface area (Å²) >= 11 is 0.857. The van der Waals surface area contributed by atoms with Crippen LogP contribution in [0.3, 0.4) is 0 Å². The Morgan fingerprint density at radius 1 is 1.13 bits per heavy atom. The molecule has 0 spiro atoms. The van der Waals surface area contributed by atoms with E-state index >= 15 is 0 Å². The maximum atomic E-state index is 12.8. The average Bonchev–Trinajstić information content (AvgIpc) is 3.02. The van der Waals surface area contributed by atoms with Crippen LogP contribution >= 0.6 is 11.8 Å². The number of anilines is 1. The minimum atomic E-state index is -0.784. The summed E-state index contributed by atoms with van der Waals surface area (Å²) in [6.07, 6.45) is -0.102. The summed E-state index contributed by atoms with van der Waals surface area (Å²) in [5, 5.41) is 8.14. The molecule has 0 aromatic heterocycles. The molecule has 0 bridgehead atoms. The highest BCUT2D eigenvalue weighted by molar-refractivity contribution is 8.15. The van der Waals surface area contributed by atoms with Gasteiger partial charge in [0.25, 0.3) is 5.24 Å². The molecule has 1 unspecified atom stereocenters. The molecule has 0 radical (unpaired) electrons. The van der Waals surface area contributed by atoms with E-state index < -0.39 is 16.4 Å². The van der Waals surface area contributed by atoms with Gasteiger partial charge in [-0.1, -0.05) is 30.3 Å². The summed E-state index contributed by atoms with van der Waals surface area (Å²) < 4.78 is 5.38. The normalized spacial score (nSPS) is 16.1. The van der Waals surface area contributed by atoms with Gasteiger partial charge in [-0.05, 0) is 48.5 Å². The van der Waals surface area contributed by atoms with Crippen LogP contribution in [0, 0.1) is 0 Å². The summed E-state index contributed by atoms with van der Waals surface area (Å²) in [6, 6.07) is 16.1. The minimum absolute atomic E-state index is 0.102. The summed E-state index contributed by atoms with van der Waals surface area (Å²) in [5.41, 5.74) is 1.38. The van der Waals surface area contributed by atoms with Crippen molar-refractivity contribution < 1.29 is 24.2 Å². The highest BCUT2D eigenvalue weighted by Gasteiger charge is 2.42. The van der Waals surface area contributed by atoms with Crippen LogP contribution in [0.4, 0.5) is 10.5 Å². The van der Waals surface area contributed by atoms with Gasteiger partial charge in [-0.2, -0.15) is 0 Å². The predicted molar refractivity (Wildman–Crippen MR) is 115 cm³/mol. The lowest BCUT2D eigenvalue weighted by Gasteiger charge is -2.23. The van der Waals surface area contributed by atoms with Gasteiger partial charge in [0.15, 0.2) is 0 Å². The van der Waals surface area contributed by atoms with Gasteiger partial charge in [-0.15, -0.1) is 0 Å². The van der Waals surface area contributed by atoms with Gasteiger partial charge >= 0.3 is 0 Å². The molecule has 0 aliphatic carbocycles. The Bertz CT molecular complexity index is 888. The monoisotopic (exact) mass is 428 g/mol. The van der Waals surface area contributed by atoms with E-state index in [0.29, 0.717) is 24.6 Å². The van der Waals surface area contributed by atoms with Crippen LogP contribution in [-0.4, -0.2) is 52.1 Å². The number of rotatable bonds is 9. The zero-order valence-electron chi connectivity index (χ0n) is 16.7. The van der Waals surface area contributed by atoms with Gasteiger partial charge < -0.3 is 14.7 Å². The fraction of sp³-hybridized carbons (Fsp3) is 0.318. The van der Waals surface area contributed by atoms with Gasteiger partial charge in [0.1, 0.15) is 11.0 Å². The molecule has 3 amide bonds. The largest absolute Gasteiger partial charge is 0.494 e. The Kier molecular flexibility index (Phi) is 7.48. The van der Waals surface area contributed by atoms with Crippen LogP contribution in [0.2, 0.25) is 0 Å². The number of hydrogen-bond donors (Lipinski definition) is 1. The molecule has 2 aromatic rings. The Morgan fingerprint density at radius 2 is 1.83 bits per heavy atom. The molecule has 3 rings (SSSR count). The number of benzene rings is 2. The fourth-order valence-electron chi connectivity index (χ4n) is 3.18. The minimum Gasteiger partial charge on any atom is -0.494 e. The summed E-state index contributed by atoms with van der Waals surface area (Å²) in [6.45, 7) is 2.71. The second-order valence-corrected chi connectivity index (χ2v) is 7.86. The SMILES string of the molecule is CCOc1ccc(N2C(=O)SC(CC(=O)N(CCO)Cc3ccccc3)C2=O)cc1. The topological polar surface area (TPSA) is 87.2 Å². The first-order chi connectivity index (χ1) is 14.5. The lowest BCUT2D eigenvalue weighted by molar-refractivity contribution is -0.133. The van der Waals surface area contributed by atoms with Gasteiger partial charge in [-0.25, -0.2) is 4.90 Å². The van der Waals surface area contributed by atoms with Crippen LogP contribution in [0.25, 0.3) is 0 Å². The molecule has 1 heterocycles. The molecule has 0 saturated carbocycles. The number of aliphatic hydroxyl groups excluding tert-OH is 1. The van der Waals surface area contributed by atoms with Gasteiger partial charge in [0.05, 0.1) is 18.9 Å². The number of carbonyl (C=O) groups is 3. The van der Waals surface area contributed by atoms with E-state index in [4.69, 9.17) is 4.74 Å². The number of aliphatic hydroxyl groups is 1. The zero-order chi connectivity index (χ0) is 21.5. The molecule has 1 N–H and O–H groups in total. The molecular weight excluding hydrogens is 404 g/mol. The van der Waals surface area contributed by atoms with Crippen molar-refractivity contribution in [3.05, 3.63) is 60.2 Å². The highest BCUT2D eigenvalue weighted by atomic mass is 32.2. The summed E-state index contributed by atoms with van der Waals surface area (Å²) in [5.74, 6) is -0.0356. The molecule has 8 heteroatoms. The number of thioether (sulfide) groups is 1. The maximum Gasteiger partial charge on any atom is 0.293 e. The number of carbonyl (C=O) groups excluding carboxylic acids is 3. The molecule has 2 aromatic carbocycles. The van der Waals surface area contributed by atoms with Gasteiger partial charge in [-0.3, -0.25) is 14.4 Å². The van der Waals surface area contributed by atoms with Crippen LogP contribution in [0.5, 0.6) is 5.75 Å². The van der Waals surface area contributed by atoms with Crippen molar-refractivity contribution in [3.8, 4) is 5.75 Å². The van der Waals surface area contributed by atoms with Crippen molar-refractivity contribution in [2.75, 3.05) is 24.7 Å². The quantitative estimate of drug-likeness (QED) is 0.661. The fourth-order valence-corrected chi connectivity index (χ4v) is 4.16. The second-order valence-electron chi connectivity index (χ2n) is 6.70. The van der Waals surface area contributed by atoms with Crippen molar-refractivity contribution in [1.82, 2.24) is 4.90 Å². The number of amides is 3. The molecule has 1 aliphatic heterocycles. The first-order valence-corrected chi connectivity index (χ1v) is 10.6. The Balaban J connectivity index is 1.67. The zero-order valence-corrected chi connectivity index (χ0v) is 17.5. The van der Waals surface area contributed by atoms with Crippen LogP contribution in [-0.2, 0) is 16.1 Å². The van der Waals surface area contributed by atoms with E-state index in [2.05, 4.69) is 0 Å². The third-order valence-corrected chi connectivity index (χ3v) is 5.66. The molecule has 7 nitrogen and oxygen atoms in total. The van der Waals surface area contributed by atoms with E-state index in [-0.39, 0.29) is 25.5 Å². The van der Waals surface area contributed by atoms with Gasteiger partial charge in [0.2, 0.25) is 11.8 Å². The lowest BCUT2D eigenvalue weighted by Crippen LogP contribution is -2.37. The van der Waals surface area contributed by atoms with E-state index in [9.17, 15) is 19.5 Å². The molecule has 30 heavy (non-hydrogen) atoms. The highest BCUT2D eigenvalue weighted by Crippen LogP contribution is 2.34. The van der Waals surface area contributed by atoms with Crippen LogP contribution < -0.4 is 9.64 Å². The smallest absolute Gasteiger partial charge is 0.293 e. The van der Waals surface area contributed by atoms with Crippen LogP contribution in [0.1, 0.15) is 18.9 Å². The van der Waals surface area contributed by atoms with E-state index in [0.717, 1.165) is 22.2 Å². The summed E-state index contributed by atoms with van der Waals surface area (Å²) in [4.78, 5) is 40.7. The first kappa shape index (κ1) is 21.9. The lowest BCUT2D eigenvalue weighted by atomic mass is 10.2. The molecule has 1 saturated heterocycles. The third-order valence-electron chi connectivity index (χ3n) is 4.63. The number of nitrogens with zero attached hydrogens (tertiary/aromatic N) is 2. The Hall–Kier alpha value is -2.84. The third kappa shape index (κ3) is 5.20. The van der Waals surface area contributed by atoms with Gasteiger partial charge in [0, 0.05) is 19.5 Å². The Labute approximate surface area is 179 Å². The molecule has 1 fully saturated rings. The molecule has 158 valence electrons. The van der Waals surface area contributed by atoms with E-state index in [1.807, 2.05) is 37.3 Å².